The van der Waals surface area contributed by atoms with Gasteiger partial charge in [-0.3, -0.25) is 9.48 Å². The van der Waals surface area contributed by atoms with Gasteiger partial charge in [0, 0.05) is 44.3 Å². The summed E-state index contributed by atoms with van der Waals surface area (Å²) in [5.41, 5.74) is 1.25. The number of carbonyl (C=O) groups excluding carboxylic acids is 1. The second kappa shape index (κ2) is 7.48. The first-order valence-electron chi connectivity index (χ1n) is 9.04. The minimum absolute atomic E-state index is 0.112. The number of ether oxygens (including phenoxy) is 1. The van der Waals surface area contributed by atoms with Crippen LogP contribution in [0.2, 0.25) is 0 Å². The van der Waals surface area contributed by atoms with Crippen LogP contribution in [0.4, 0.5) is 0 Å². The van der Waals surface area contributed by atoms with Gasteiger partial charge >= 0.3 is 0 Å². The van der Waals surface area contributed by atoms with Gasteiger partial charge in [-0.1, -0.05) is 6.07 Å². The van der Waals surface area contributed by atoms with Crippen molar-refractivity contribution in [2.24, 2.45) is 7.05 Å². The van der Waals surface area contributed by atoms with Crippen molar-refractivity contribution in [3.05, 3.63) is 40.7 Å². The van der Waals surface area contributed by atoms with E-state index in [0.29, 0.717) is 21.0 Å². The van der Waals surface area contributed by atoms with Crippen molar-refractivity contribution in [2.75, 3.05) is 26.7 Å². The number of aryl methyl sites for hydroxylation is 1. The molecule has 154 valence electrons. The lowest BCUT2D eigenvalue weighted by Crippen LogP contribution is -2.42. The number of rotatable bonds is 4. The van der Waals surface area contributed by atoms with Crippen LogP contribution in [0.3, 0.4) is 0 Å². The third kappa shape index (κ3) is 3.33. The van der Waals surface area contributed by atoms with Gasteiger partial charge in [-0.05, 0) is 13.0 Å². The van der Waals surface area contributed by atoms with Crippen molar-refractivity contribution in [3.63, 3.8) is 0 Å². The second-order valence-corrected chi connectivity index (χ2v) is 9.63. The van der Waals surface area contributed by atoms with Crippen LogP contribution in [0.1, 0.15) is 27.0 Å². The standard InChI is InChI=1S/C18H21N5O4S2/c1-11-14(9-21-22(11)3)29(25,26)23-7-8-27-13(10-23)15-12-5-4-6-20-18(12)28-16(15)17(24)19-2/h4-6,9,13H,7-8,10H2,1-3H3,(H,19,24)/t13-/m1/s1. The molecule has 29 heavy (non-hydrogen) atoms. The van der Waals surface area contributed by atoms with E-state index in [2.05, 4.69) is 15.4 Å². The topological polar surface area (TPSA) is 106 Å². The van der Waals surface area contributed by atoms with E-state index in [0.717, 1.165) is 5.39 Å². The van der Waals surface area contributed by atoms with E-state index in [-0.39, 0.29) is 30.5 Å². The van der Waals surface area contributed by atoms with Crippen LogP contribution in [0.5, 0.6) is 0 Å². The zero-order valence-electron chi connectivity index (χ0n) is 16.2. The quantitative estimate of drug-likeness (QED) is 0.665. The van der Waals surface area contributed by atoms with Crippen LogP contribution in [0, 0.1) is 6.92 Å². The summed E-state index contributed by atoms with van der Waals surface area (Å²) in [6, 6.07) is 3.67. The molecule has 0 aliphatic carbocycles. The Morgan fingerprint density at radius 3 is 2.90 bits per heavy atom. The summed E-state index contributed by atoms with van der Waals surface area (Å²) in [7, 11) is -0.463. The van der Waals surface area contributed by atoms with Gasteiger partial charge in [0.1, 0.15) is 14.6 Å². The van der Waals surface area contributed by atoms with Crippen molar-refractivity contribution in [1.29, 1.82) is 0 Å². The van der Waals surface area contributed by atoms with Crippen molar-refractivity contribution in [2.45, 2.75) is 17.9 Å². The molecule has 1 amide bonds. The zero-order chi connectivity index (χ0) is 20.8. The van der Waals surface area contributed by atoms with Gasteiger partial charge in [-0.15, -0.1) is 11.3 Å². The van der Waals surface area contributed by atoms with Crippen LogP contribution < -0.4 is 5.32 Å². The molecule has 1 aliphatic heterocycles. The molecule has 1 atom stereocenters. The van der Waals surface area contributed by atoms with Crippen LogP contribution in [0.25, 0.3) is 10.2 Å². The maximum Gasteiger partial charge on any atom is 0.261 e. The molecule has 0 bridgehead atoms. The number of nitrogens with one attached hydrogen (secondary N) is 1. The van der Waals surface area contributed by atoms with E-state index >= 15 is 0 Å². The lowest BCUT2D eigenvalue weighted by molar-refractivity contribution is -0.00193. The van der Waals surface area contributed by atoms with Gasteiger partial charge in [0.25, 0.3) is 5.91 Å². The highest BCUT2D eigenvalue weighted by Gasteiger charge is 2.36. The Hall–Kier alpha value is -2.34. The van der Waals surface area contributed by atoms with Gasteiger partial charge < -0.3 is 10.1 Å². The molecule has 4 rings (SSSR count). The maximum absolute atomic E-state index is 13.2. The number of carbonyl (C=O) groups is 1. The Balaban J connectivity index is 1.74. The number of aromatic nitrogens is 3. The van der Waals surface area contributed by atoms with Gasteiger partial charge in [0.15, 0.2) is 0 Å². The minimum Gasteiger partial charge on any atom is -0.371 e. The molecular weight excluding hydrogens is 414 g/mol. The molecule has 11 heteroatoms. The lowest BCUT2D eigenvalue weighted by atomic mass is 10.0. The largest absolute Gasteiger partial charge is 0.371 e. The summed E-state index contributed by atoms with van der Waals surface area (Å²) in [6.45, 7) is 2.30. The van der Waals surface area contributed by atoms with Crippen LogP contribution in [-0.2, 0) is 21.8 Å². The first kappa shape index (κ1) is 20.0. The molecule has 3 aromatic rings. The van der Waals surface area contributed by atoms with Gasteiger partial charge in [-0.2, -0.15) is 9.40 Å². The third-order valence-corrected chi connectivity index (χ3v) is 8.19. The van der Waals surface area contributed by atoms with Crippen LogP contribution in [-0.4, -0.2) is 60.1 Å². The first-order chi connectivity index (χ1) is 13.8. The van der Waals surface area contributed by atoms with E-state index in [1.54, 1.807) is 33.3 Å². The molecule has 0 spiro atoms. The van der Waals surface area contributed by atoms with Crippen LogP contribution in [0.15, 0.2) is 29.4 Å². The van der Waals surface area contributed by atoms with E-state index in [1.807, 2.05) is 6.07 Å². The number of hydrogen-bond donors (Lipinski definition) is 1. The summed E-state index contributed by atoms with van der Waals surface area (Å²) < 4.78 is 35.3. The van der Waals surface area contributed by atoms with Crippen LogP contribution >= 0.6 is 11.3 Å². The molecule has 4 heterocycles. The third-order valence-electron chi connectivity index (χ3n) is 5.10. The zero-order valence-corrected chi connectivity index (χ0v) is 17.9. The predicted molar refractivity (Wildman–Crippen MR) is 108 cm³/mol. The summed E-state index contributed by atoms with van der Waals surface area (Å²) in [6.07, 6.45) is 2.47. The second-order valence-electron chi connectivity index (χ2n) is 6.72. The number of nitrogens with zero attached hydrogens (tertiary/aromatic N) is 4. The number of morpholine rings is 1. The van der Waals surface area contributed by atoms with Crippen molar-refractivity contribution < 1.29 is 17.9 Å². The molecular formula is C18H21N5O4S2. The van der Waals surface area contributed by atoms with E-state index in [4.69, 9.17) is 4.74 Å². The molecule has 0 unspecified atom stereocenters. The molecule has 0 saturated carbocycles. The highest BCUT2D eigenvalue weighted by molar-refractivity contribution is 7.89. The molecule has 1 aliphatic rings. The molecule has 9 nitrogen and oxygen atoms in total. The molecule has 1 saturated heterocycles. The first-order valence-corrected chi connectivity index (χ1v) is 11.3. The fourth-order valence-corrected chi connectivity index (χ4v) is 6.19. The average molecular weight is 436 g/mol. The monoisotopic (exact) mass is 435 g/mol. The highest BCUT2D eigenvalue weighted by Crippen LogP contribution is 2.38. The number of pyridine rings is 1. The summed E-state index contributed by atoms with van der Waals surface area (Å²) in [5.74, 6) is -0.241. The van der Waals surface area contributed by atoms with E-state index in [1.165, 1.54) is 26.5 Å². The van der Waals surface area contributed by atoms with Crippen molar-refractivity contribution in [3.8, 4) is 0 Å². The van der Waals surface area contributed by atoms with Crippen molar-refractivity contribution >= 4 is 37.5 Å². The lowest BCUT2D eigenvalue weighted by Gasteiger charge is -2.32. The Morgan fingerprint density at radius 1 is 1.41 bits per heavy atom. The predicted octanol–water partition coefficient (Wildman–Crippen LogP) is 1.46. The fraction of sp³-hybridized carbons (Fsp3) is 0.389. The van der Waals surface area contributed by atoms with Crippen molar-refractivity contribution in [1.82, 2.24) is 24.4 Å². The number of fused-ring (bicyclic) bond motifs is 1. The summed E-state index contributed by atoms with van der Waals surface area (Å²) in [5, 5.41) is 7.50. The Labute approximate surface area is 172 Å². The smallest absolute Gasteiger partial charge is 0.261 e. The normalized spacial score (nSPS) is 18.2. The van der Waals surface area contributed by atoms with Gasteiger partial charge in [0.2, 0.25) is 10.0 Å². The highest BCUT2D eigenvalue weighted by atomic mass is 32.2. The Kier molecular flexibility index (Phi) is 5.15. The molecule has 3 aromatic heterocycles. The minimum atomic E-state index is -3.73. The molecule has 1 N–H and O–H groups in total. The van der Waals surface area contributed by atoms with E-state index in [9.17, 15) is 13.2 Å². The Morgan fingerprint density at radius 2 is 2.21 bits per heavy atom. The molecule has 0 radical (unpaired) electrons. The maximum atomic E-state index is 13.2. The average Bonchev–Trinajstić information content (AvgIpc) is 3.28. The van der Waals surface area contributed by atoms with Gasteiger partial charge in [0.05, 0.1) is 24.6 Å². The SMILES string of the molecule is CNC(=O)c1sc2ncccc2c1[C@H]1CN(S(=O)(=O)c2cnn(C)c2C)CCO1. The number of hydrogen-bond acceptors (Lipinski definition) is 7. The fourth-order valence-electron chi connectivity index (χ4n) is 3.44. The number of thiophene rings is 1. The Bertz CT molecular complexity index is 1180. The summed E-state index contributed by atoms with van der Waals surface area (Å²) >= 11 is 1.28. The van der Waals surface area contributed by atoms with E-state index < -0.39 is 16.1 Å². The summed E-state index contributed by atoms with van der Waals surface area (Å²) in [4.78, 5) is 18.2. The number of amides is 1. The molecule has 0 aromatic carbocycles. The number of sulfonamides is 1. The molecule has 1 fully saturated rings. The van der Waals surface area contributed by atoms with Gasteiger partial charge in [-0.25, -0.2) is 13.4 Å².